The monoisotopic (exact) mass is 655 g/mol. The lowest BCUT2D eigenvalue weighted by Crippen LogP contribution is -2.32. The van der Waals surface area contributed by atoms with Gasteiger partial charge in [0.15, 0.2) is 0 Å². The Morgan fingerprint density at radius 3 is 1.86 bits per heavy atom. The van der Waals surface area contributed by atoms with Crippen LogP contribution in [0.4, 0.5) is 17.1 Å². The molecular weight excluding hydrogens is 619 g/mol. The molecule has 1 aromatic heterocycles. The van der Waals surface area contributed by atoms with Gasteiger partial charge in [0.05, 0.1) is 0 Å². The predicted octanol–water partition coefficient (Wildman–Crippen LogP) is 13.5. The SMILES string of the molecule is c1ccc(-c2ccc(N(c3ccc(-c4ccc5c(c4)oc4ccccc45)cc3)c3ccc4c(c3)C3(CC5CCC3C5)c3ccccc3-4)cc2)cc1. The Morgan fingerprint density at radius 1 is 0.471 bits per heavy atom. The number of hydrogen-bond donors (Lipinski definition) is 0. The van der Waals surface area contributed by atoms with Crippen molar-refractivity contribution in [1.82, 2.24) is 0 Å². The molecule has 244 valence electrons. The maximum absolute atomic E-state index is 6.24. The Bertz CT molecular complexity index is 2600. The van der Waals surface area contributed by atoms with Crippen molar-refractivity contribution >= 4 is 39.0 Å². The third-order valence-corrected chi connectivity index (χ3v) is 12.4. The Balaban J connectivity index is 1.03. The van der Waals surface area contributed by atoms with E-state index in [2.05, 4.69) is 157 Å². The molecule has 7 aromatic carbocycles. The highest BCUT2D eigenvalue weighted by Crippen LogP contribution is 2.66. The van der Waals surface area contributed by atoms with Crippen molar-refractivity contribution in [3.05, 3.63) is 175 Å². The molecular formula is C49H37NO. The van der Waals surface area contributed by atoms with E-state index in [1.165, 1.54) is 64.8 Å². The minimum Gasteiger partial charge on any atom is -0.456 e. The molecule has 1 heterocycles. The van der Waals surface area contributed by atoms with Crippen LogP contribution < -0.4 is 4.90 Å². The fourth-order valence-electron chi connectivity index (χ4n) is 10.1. The van der Waals surface area contributed by atoms with E-state index in [1.807, 2.05) is 12.1 Å². The van der Waals surface area contributed by atoms with Crippen molar-refractivity contribution in [3.63, 3.8) is 0 Å². The summed E-state index contributed by atoms with van der Waals surface area (Å²) in [5, 5.41) is 2.32. The molecule has 51 heavy (non-hydrogen) atoms. The number of nitrogens with zero attached hydrogens (tertiary/aromatic N) is 1. The first kappa shape index (κ1) is 28.9. The zero-order valence-corrected chi connectivity index (χ0v) is 28.4. The molecule has 3 unspecified atom stereocenters. The summed E-state index contributed by atoms with van der Waals surface area (Å²) >= 11 is 0. The van der Waals surface area contributed by atoms with Gasteiger partial charge in [-0.15, -0.1) is 0 Å². The summed E-state index contributed by atoms with van der Waals surface area (Å²) < 4.78 is 6.24. The minimum atomic E-state index is 0.132. The lowest BCUT2D eigenvalue weighted by molar-refractivity contribution is 0.327. The highest BCUT2D eigenvalue weighted by atomic mass is 16.3. The summed E-state index contributed by atoms with van der Waals surface area (Å²) in [5.74, 6) is 1.56. The van der Waals surface area contributed by atoms with Gasteiger partial charge in [0.1, 0.15) is 11.2 Å². The summed E-state index contributed by atoms with van der Waals surface area (Å²) in [6.45, 7) is 0. The van der Waals surface area contributed by atoms with Crippen LogP contribution in [0.1, 0.15) is 36.8 Å². The Labute approximate surface area is 298 Å². The number of furan rings is 1. The lowest BCUT2D eigenvalue weighted by atomic mass is 9.67. The second-order valence-electron chi connectivity index (χ2n) is 14.9. The van der Waals surface area contributed by atoms with Gasteiger partial charge in [-0.3, -0.25) is 0 Å². The van der Waals surface area contributed by atoms with Gasteiger partial charge in [0.2, 0.25) is 0 Å². The highest BCUT2D eigenvalue weighted by molar-refractivity contribution is 6.05. The Morgan fingerprint density at radius 2 is 1.10 bits per heavy atom. The van der Waals surface area contributed by atoms with Crippen molar-refractivity contribution in [2.75, 3.05) is 4.90 Å². The average Bonchev–Trinajstić information content (AvgIpc) is 3.97. The highest BCUT2D eigenvalue weighted by Gasteiger charge is 2.56. The van der Waals surface area contributed by atoms with Crippen molar-refractivity contribution < 1.29 is 4.42 Å². The Kier molecular flexibility index (Phi) is 6.28. The summed E-state index contributed by atoms with van der Waals surface area (Å²) in [5.41, 5.74) is 16.3. The van der Waals surface area contributed by atoms with E-state index in [0.717, 1.165) is 50.7 Å². The largest absolute Gasteiger partial charge is 0.456 e. The maximum atomic E-state index is 6.24. The van der Waals surface area contributed by atoms with E-state index in [-0.39, 0.29) is 5.41 Å². The summed E-state index contributed by atoms with van der Waals surface area (Å²) in [6.07, 6.45) is 5.37. The van der Waals surface area contributed by atoms with E-state index in [1.54, 1.807) is 5.56 Å². The molecule has 0 saturated heterocycles. The van der Waals surface area contributed by atoms with Crippen LogP contribution in [0, 0.1) is 11.8 Å². The zero-order valence-electron chi connectivity index (χ0n) is 28.4. The van der Waals surface area contributed by atoms with E-state index >= 15 is 0 Å². The molecule has 0 amide bonds. The van der Waals surface area contributed by atoms with Gasteiger partial charge in [-0.2, -0.15) is 0 Å². The minimum absolute atomic E-state index is 0.132. The molecule has 0 N–H and O–H groups in total. The maximum Gasteiger partial charge on any atom is 0.136 e. The smallest absolute Gasteiger partial charge is 0.136 e. The fourth-order valence-corrected chi connectivity index (χ4v) is 10.1. The molecule has 3 aliphatic carbocycles. The van der Waals surface area contributed by atoms with Crippen LogP contribution in [0.2, 0.25) is 0 Å². The first-order chi connectivity index (χ1) is 25.2. The molecule has 0 aliphatic heterocycles. The molecule has 2 fully saturated rings. The second-order valence-corrected chi connectivity index (χ2v) is 14.9. The molecule has 3 atom stereocenters. The van der Waals surface area contributed by atoms with Crippen molar-refractivity contribution in [2.24, 2.45) is 11.8 Å². The van der Waals surface area contributed by atoms with Gasteiger partial charge in [0.25, 0.3) is 0 Å². The average molecular weight is 656 g/mol. The topological polar surface area (TPSA) is 16.4 Å². The molecule has 2 nitrogen and oxygen atoms in total. The van der Waals surface area contributed by atoms with Gasteiger partial charge in [0, 0.05) is 33.2 Å². The van der Waals surface area contributed by atoms with Crippen LogP contribution in [0.3, 0.4) is 0 Å². The fraction of sp³-hybridized carbons (Fsp3) is 0.143. The van der Waals surface area contributed by atoms with Gasteiger partial charge >= 0.3 is 0 Å². The molecule has 8 aromatic rings. The van der Waals surface area contributed by atoms with E-state index in [0.29, 0.717) is 0 Å². The first-order valence-corrected chi connectivity index (χ1v) is 18.4. The lowest BCUT2D eigenvalue weighted by Gasteiger charge is -2.37. The molecule has 3 aliphatic rings. The Hall–Kier alpha value is -5.86. The van der Waals surface area contributed by atoms with Crippen molar-refractivity contribution in [1.29, 1.82) is 0 Å². The number of benzene rings is 7. The molecule has 2 saturated carbocycles. The number of para-hydroxylation sites is 1. The van der Waals surface area contributed by atoms with Gasteiger partial charge < -0.3 is 9.32 Å². The number of anilines is 3. The number of rotatable bonds is 5. The summed E-state index contributed by atoms with van der Waals surface area (Å²) in [7, 11) is 0. The van der Waals surface area contributed by atoms with Gasteiger partial charge in [-0.05, 0) is 130 Å². The summed E-state index contributed by atoms with van der Waals surface area (Å²) in [6, 6.07) is 60.2. The quantitative estimate of drug-likeness (QED) is 0.183. The van der Waals surface area contributed by atoms with Crippen LogP contribution in [0.25, 0.3) is 55.3 Å². The van der Waals surface area contributed by atoms with Crippen molar-refractivity contribution in [2.45, 2.75) is 31.1 Å². The van der Waals surface area contributed by atoms with Gasteiger partial charge in [-0.25, -0.2) is 0 Å². The normalized spacial score (nSPS) is 19.9. The van der Waals surface area contributed by atoms with Crippen LogP contribution >= 0.6 is 0 Å². The molecule has 2 heteroatoms. The summed E-state index contributed by atoms with van der Waals surface area (Å²) in [4.78, 5) is 2.45. The molecule has 2 bridgehead atoms. The van der Waals surface area contributed by atoms with Crippen LogP contribution in [0.5, 0.6) is 0 Å². The molecule has 0 radical (unpaired) electrons. The first-order valence-electron chi connectivity index (χ1n) is 18.4. The van der Waals surface area contributed by atoms with E-state index < -0.39 is 0 Å². The van der Waals surface area contributed by atoms with Crippen LogP contribution in [-0.2, 0) is 5.41 Å². The number of hydrogen-bond acceptors (Lipinski definition) is 2. The standard InChI is InChI=1S/C49H37NO/c1-2-8-33(9-3-1)34-15-21-38(22-16-34)50(39-23-17-35(18-24-39)36-19-26-44-43-11-5-7-13-47(43)51-48(44)29-36)40-25-27-42-41-10-4-6-12-45(41)49(46(42)30-40)31-32-14-20-37(49)28-32/h1-13,15-19,21-27,29-30,32,37H,14,20,28,31H2. The number of fused-ring (bicyclic) bond motifs is 11. The van der Waals surface area contributed by atoms with E-state index in [4.69, 9.17) is 4.42 Å². The van der Waals surface area contributed by atoms with Crippen molar-refractivity contribution in [3.8, 4) is 33.4 Å². The third kappa shape index (κ3) is 4.36. The third-order valence-electron chi connectivity index (χ3n) is 12.4. The van der Waals surface area contributed by atoms with Crippen LogP contribution in [0.15, 0.2) is 168 Å². The van der Waals surface area contributed by atoms with Gasteiger partial charge in [-0.1, -0.05) is 116 Å². The zero-order chi connectivity index (χ0) is 33.5. The molecule has 11 rings (SSSR count). The van der Waals surface area contributed by atoms with E-state index in [9.17, 15) is 0 Å². The second kappa shape index (κ2) is 11.1. The molecule has 1 spiro atoms. The predicted molar refractivity (Wildman–Crippen MR) is 211 cm³/mol. The van der Waals surface area contributed by atoms with Crippen LogP contribution in [-0.4, -0.2) is 0 Å².